The van der Waals surface area contributed by atoms with Crippen molar-refractivity contribution in [1.29, 1.82) is 0 Å². The maximum absolute atomic E-state index is 13.2. The highest BCUT2D eigenvalue weighted by Gasteiger charge is 2.25. The van der Waals surface area contributed by atoms with E-state index < -0.39 is 11.2 Å². The Balaban J connectivity index is 2.12. The standard InChI is InChI=1S/C21H23N5O3/c1-12(27)11-24-19(28)17-18(23(5)21(24)29)22-20-25(13(2)14(3)26(17)20)15(4)16-9-7-6-8-10-16/h6-10,15H,11H2,1-5H3/t15-/m1/s1. The lowest BCUT2D eigenvalue weighted by Crippen LogP contribution is -2.40. The first kappa shape index (κ1) is 18.9. The molecule has 0 spiro atoms. The molecule has 29 heavy (non-hydrogen) atoms. The fraction of sp³-hybridized carbons (Fsp3) is 0.333. The highest BCUT2D eigenvalue weighted by atomic mass is 16.2. The van der Waals surface area contributed by atoms with Crippen molar-refractivity contribution in [3.8, 4) is 0 Å². The Morgan fingerprint density at radius 2 is 1.76 bits per heavy atom. The van der Waals surface area contributed by atoms with E-state index in [4.69, 9.17) is 0 Å². The van der Waals surface area contributed by atoms with Gasteiger partial charge in [-0.3, -0.25) is 23.1 Å². The van der Waals surface area contributed by atoms with Crippen LogP contribution in [0.2, 0.25) is 0 Å². The second kappa shape index (κ2) is 6.58. The van der Waals surface area contributed by atoms with Crippen molar-refractivity contribution < 1.29 is 4.79 Å². The van der Waals surface area contributed by atoms with Crippen molar-refractivity contribution in [2.75, 3.05) is 0 Å². The van der Waals surface area contributed by atoms with Crippen molar-refractivity contribution in [2.24, 2.45) is 7.05 Å². The summed E-state index contributed by atoms with van der Waals surface area (Å²) in [6, 6.07) is 10.0. The van der Waals surface area contributed by atoms with Crippen LogP contribution in [-0.2, 0) is 18.4 Å². The van der Waals surface area contributed by atoms with Gasteiger partial charge in [0.1, 0.15) is 5.78 Å². The summed E-state index contributed by atoms with van der Waals surface area (Å²) < 4.78 is 6.18. The summed E-state index contributed by atoms with van der Waals surface area (Å²) >= 11 is 0. The molecule has 4 rings (SSSR count). The van der Waals surface area contributed by atoms with Crippen LogP contribution in [0.3, 0.4) is 0 Å². The quantitative estimate of drug-likeness (QED) is 0.531. The number of rotatable bonds is 4. The van der Waals surface area contributed by atoms with Crippen LogP contribution >= 0.6 is 0 Å². The number of aryl methyl sites for hydroxylation is 2. The number of nitrogens with zero attached hydrogens (tertiary/aromatic N) is 5. The van der Waals surface area contributed by atoms with Gasteiger partial charge in [0.05, 0.1) is 12.6 Å². The lowest BCUT2D eigenvalue weighted by Gasteiger charge is -2.16. The molecule has 0 unspecified atom stereocenters. The molecule has 3 aromatic heterocycles. The zero-order valence-corrected chi connectivity index (χ0v) is 17.1. The van der Waals surface area contributed by atoms with E-state index in [2.05, 4.69) is 16.5 Å². The van der Waals surface area contributed by atoms with Crippen LogP contribution in [0.25, 0.3) is 16.9 Å². The van der Waals surface area contributed by atoms with Gasteiger partial charge in [0, 0.05) is 18.4 Å². The summed E-state index contributed by atoms with van der Waals surface area (Å²) in [4.78, 5) is 42.1. The van der Waals surface area contributed by atoms with E-state index in [1.54, 1.807) is 11.4 Å². The lowest BCUT2D eigenvalue weighted by molar-refractivity contribution is -0.117. The minimum Gasteiger partial charge on any atom is -0.307 e. The number of carbonyl (C=O) groups excluding carboxylic acids is 1. The molecule has 8 heteroatoms. The van der Waals surface area contributed by atoms with Crippen LogP contribution in [0, 0.1) is 13.8 Å². The zero-order valence-electron chi connectivity index (χ0n) is 17.1. The van der Waals surface area contributed by atoms with Crippen LogP contribution < -0.4 is 11.2 Å². The average Bonchev–Trinajstić information content (AvgIpc) is 3.19. The Labute approximate surface area is 166 Å². The molecule has 0 bridgehead atoms. The van der Waals surface area contributed by atoms with Gasteiger partial charge in [-0.1, -0.05) is 30.3 Å². The summed E-state index contributed by atoms with van der Waals surface area (Å²) in [5, 5.41) is 0. The monoisotopic (exact) mass is 393 g/mol. The Morgan fingerprint density at radius 3 is 2.38 bits per heavy atom. The third-order valence-electron chi connectivity index (χ3n) is 5.61. The Kier molecular flexibility index (Phi) is 4.29. The molecule has 0 N–H and O–H groups in total. The first-order valence-corrected chi connectivity index (χ1v) is 9.47. The van der Waals surface area contributed by atoms with Crippen LogP contribution in [0.15, 0.2) is 39.9 Å². The van der Waals surface area contributed by atoms with Crippen LogP contribution in [0.4, 0.5) is 0 Å². The van der Waals surface area contributed by atoms with Crippen molar-refractivity contribution in [2.45, 2.75) is 40.3 Å². The van der Waals surface area contributed by atoms with E-state index in [0.717, 1.165) is 21.5 Å². The molecule has 0 saturated carbocycles. The maximum atomic E-state index is 13.2. The molecule has 0 fully saturated rings. The summed E-state index contributed by atoms with van der Waals surface area (Å²) in [5.74, 6) is 0.339. The molecule has 0 aliphatic heterocycles. The van der Waals surface area contributed by atoms with Gasteiger partial charge in [0.2, 0.25) is 5.78 Å². The Morgan fingerprint density at radius 1 is 1.10 bits per heavy atom. The van der Waals surface area contributed by atoms with Crippen molar-refractivity contribution in [3.63, 3.8) is 0 Å². The van der Waals surface area contributed by atoms with Gasteiger partial charge in [-0.2, -0.15) is 4.98 Å². The predicted octanol–water partition coefficient (Wildman–Crippen LogP) is 1.96. The third-order valence-corrected chi connectivity index (χ3v) is 5.61. The van der Waals surface area contributed by atoms with Gasteiger partial charge in [-0.05, 0) is 33.3 Å². The largest absolute Gasteiger partial charge is 0.332 e. The van der Waals surface area contributed by atoms with Gasteiger partial charge in [-0.15, -0.1) is 0 Å². The average molecular weight is 393 g/mol. The number of benzene rings is 1. The molecule has 3 heterocycles. The van der Waals surface area contributed by atoms with Crippen molar-refractivity contribution in [3.05, 3.63) is 68.1 Å². The van der Waals surface area contributed by atoms with Crippen molar-refractivity contribution >= 4 is 22.7 Å². The number of fused-ring (bicyclic) bond motifs is 3. The highest BCUT2D eigenvalue weighted by molar-refractivity contribution is 5.78. The topological polar surface area (TPSA) is 83.3 Å². The van der Waals surface area contributed by atoms with Gasteiger partial charge in [-0.25, -0.2) is 4.79 Å². The fourth-order valence-corrected chi connectivity index (χ4v) is 3.98. The maximum Gasteiger partial charge on any atom is 0.332 e. The van der Waals surface area contributed by atoms with E-state index in [0.29, 0.717) is 16.9 Å². The number of carbonyl (C=O) groups is 1. The highest BCUT2D eigenvalue weighted by Crippen LogP contribution is 2.27. The number of imidazole rings is 2. The molecule has 0 radical (unpaired) electrons. The molecular formula is C21H23N5O3. The molecule has 1 aromatic carbocycles. The molecular weight excluding hydrogens is 370 g/mol. The zero-order chi connectivity index (χ0) is 21.0. The molecule has 0 aliphatic carbocycles. The second-order valence-electron chi connectivity index (χ2n) is 7.48. The summed E-state index contributed by atoms with van der Waals surface area (Å²) in [5.41, 5.74) is 2.54. The van der Waals surface area contributed by atoms with Gasteiger partial charge >= 0.3 is 5.69 Å². The van der Waals surface area contributed by atoms with Gasteiger partial charge in [0.15, 0.2) is 11.2 Å². The van der Waals surface area contributed by atoms with Gasteiger partial charge < -0.3 is 4.57 Å². The minimum atomic E-state index is -0.546. The predicted molar refractivity (Wildman–Crippen MR) is 111 cm³/mol. The summed E-state index contributed by atoms with van der Waals surface area (Å²) in [6.07, 6.45) is 0. The fourth-order valence-electron chi connectivity index (χ4n) is 3.98. The van der Waals surface area contributed by atoms with Crippen LogP contribution in [0.5, 0.6) is 0 Å². The smallest absolute Gasteiger partial charge is 0.307 e. The van der Waals surface area contributed by atoms with Crippen LogP contribution in [0.1, 0.15) is 36.8 Å². The Bertz CT molecular complexity index is 1390. The normalized spacial score (nSPS) is 12.7. The molecule has 150 valence electrons. The number of hydrogen-bond acceptors (Lipinski definition) is 4. The molecule has 0 aliphatic rings. The summed E-state index contributed by atoms with van der Waals surface area (Å²) in [7, 11) is 1.57. The third kappa shape index (κ3) is 2.66. The number of ketones is 1. The molecule has 0 amide bonds. The minimum absolute atomic E-state index is 0.0133. The number of Topliss-reactive ketones (excluding diaryl/α,β-unsaturated/α-hetero) is 1. The molecule has 4 aromatic rings. The summed E-state index contributed by atoms with van der Waals surface area (Å²) in [6.45, 7) is 7.10. The van der Waals surface area contributed by atoms with Crippen LogP contribution in [-0.4, -0.2) is 28.9 Å². The van der Waals surface area contributed by atoms with E-state index in [1.807, 2.05) is 44.2 Å². The molecule has 1 atom stereocenters. The number of aromatic nitrogens is 5. The first-order chi connectivity index (χ1) is 13.7. The second-order valence-corrected chi connectivity index (χ2v) is 7.48. The first-order valence-electron chi connectivity index (χ1n) is 9.47. The lowest BCUT2D eigenvalue weighted by atomic mass is 10.1. The van der Waals surface area contributed by atoms with E-state index >= 15 is 0 Å². The molecule has 8 nitrogen and oxygen atoms in total. The van der Waals surface area contributed by atoms with Gasteiger partial charge in [0.25, 0.3) is 5.56 Å². The molecule has 0 saturated heterocycles. The van der Waals surface area contributed by atoms with E-state index in [9.17, 15) is 14.4 Å². The van der Waals surface area contributed by atoms with E-state index in [1.165, 1.54) is 11.5 Å². The Hall–Kier alpha value is -3.42. The van der Waals surface area contributed by atoms with E-state index in [-0.39, 0.29) is 18.4 Å². The number of hydrogen-bond donors (Lipinski definition) is 0. The SMILES string of the molecule is CC(=O)Cn1c(=O)c2c(nc3n([C@H](C)c4ccccc4)c(C)c(C)n23)n(C)c1=O. The van der Waals surface area contributed by atoms with Crippen molar-refractivity contribution in [1.82, 2.24) is 23.1 Å².